The number of halogens is 1. The van der Waals surface area contributed by atoms with Gasteiger partial charge in [-0.3, -0.25) is 29.6 Å². The van der Waals surface area contributed by atoms with E-state index in [2.05, 4.69) is 15.9 Å². The fraction of sp³-hybridized carbons (Fsp3) is 0.139. The molecule has 0 radical (unpaired) electrons. The summed E-state index contributed by atoms with van der Waals surface area (Å²) in [4.78, 5) is 54.6. The highest BCUT2D eigenvalue weighted by Gasteiger charge is 2.35. The lowest BCUT2D eigenvalue weighted by Gasteiger charge is -2.26. The van der Waals surface area contributed by atoms with Crippen LogP contribution in [0.3, 0.4) is 0 Å². The number of nitrogens with zero attached hydrogens (tertiary/aromatic N) is 4. The van der Waals surface area contributed by atoms with Gasteiger partial charge in [0.05, 0.1) is 63.1 Å². The lowest BCUT2D eigenvalue weighted by molar-refractivity contribution is -0.394. The van der Waals surface area contributed by atoms with Crippen molar-refractivity contribution in [1.29, 1.82) is 0 Å². The third kappa shape index (κ3) is 6.93. The Bertz CT molecular complexity index is 2440. The lowest BCUT2D eigenvalue weighted by atomic mass is 9.93. The number of nitro groups is 2. The number of hydrogen-bond donors (Lipinski definition) is 0. The monoisotopic (exact) mass is 786 g/mol. The summed E-state index contributed by atoms with van der Waals surface area (Å²) in [5.41, 5.74) is 0.856. The maximum Gasteiger partial charge on any atom is 0.338 e. The number of hydrogen-bond acceptors (Lipinski definition) is 12. The third-order valence-corrected chi connectivity index (χ3v) is 9.49. The standard InChI is InChI=1S/C36H27BrN4O10S/c1-4-50-35(43)30-31(21-8-6-5-7-9-21)38-36-39(32(30)22-10-13-24(48-2)14-11-22)34(42)29(52-36)18-20-16-25(37)33(28(17-20)49-3)51-27-15-12-23(40(44)45)19-26(27)41(46)47/h5-19,32H,4H2,1-3H3/b29-18-/t32-/m0/s1. The molecule has 0 amide bonds. The summed E-state index contributed by atoms with van der Waals surface area (Å²) in [7, 11) is 2.91. The van der Waals surface area contributed by atoms with E-state index in [1.807, 2.05) is 30.3 Å². The zero-order valence-electron chi connectivity index (χ0n) is 27.6. The highest BCUT2D eigenvalue weighted by Crippen LogP contribution is 2.43. The molecular formula is C36H27BrN4O10S. The summed E-state index contributed by atoms with van der Waals surface area (Å²) < 4.78 is 24.3. The highest BCUT2D eigenvalue weighted by atomic mass is 79.9. The maximum atomic E-state index is 14.3. The van der Waals surface area contributed by atoms with Gasteiger partial charge in [-0.25, -0.2) is 9.79 Å². The van der Waals surface area contributed by atoms with Gasteiger partial charge in [0, 0.05) is 11.6 Å². The summed E-state index contributed by atoms with van der Waals surface area (Å²) in [5, 5.41) is 22.9. The van der Waals surface area contributed by atoms with Crippen molar-refractivity contribution in [3.8, 4) is 23.0 Å². The van der Waals surface area contributed by atoms with Gasteiger partial charge in [-0.2, -0.15) is 0 Å². The SMILES string of the molecule is CCOC(=O)C1=C(c2ccccc2)N=c2s/c(=C\c3cc(Br)c(Oc4ccc([N+](=O)[O-])cc4[N+](=O)[O-])c(OC)c3)c(=O)n2[C@H]1c1ccc(OC)cc1. The van der Waals surface area contributed by atoms with E-state index in [4.69, 9.17) is 23.9 Å². The number of ether oxygens (including phenoxy) is 4. The molecule has 0 bridgehead atoms. The summed E-state index contributed by atoms with van der Waals surface area (Å²) in [6.45, 7) is 1.81. The fourth-order valence-corrected chi connectivity index (χ4v) is 7.12. The van der Waals surface area contributed by atoms with E-state index in [1.54, 1.807) is 56.5 Å². The average Bonchev–Trinajstić information content (AvgIpc) is 3.45. The van der Waals surface area contributed by atoms with Crippen molar-refractivity contribution in [2.75, 3.05) is 20.8 Å². The topological polar surface area (TPSA) is 175 Å². The second-order valence-corrected chi connectivity index (χ2v) is 12.9. The number of carbonyl (C=O) groups is 1. The minimum Gasteiger partial charge on any atom is -0.497 e. The Morgan fingerprint density at radius 2 is 1.69 bits per heavy atom. The van der Waals surface area contributed by atoms with Gasteiger partial charge in [-0.05, 0) is 70.4 Å². The summed E-state index contributed by atoms with van der Waals surface area (Å²) in [6.07, 6.45) is 1.62. The maximum absolute atomic E-state index is 14.3. The Labute approximate surface area is 306 Å². The molecule has 6 rings (SSSR count). The zero-order valence-corrected chi connectivity index (χ0v) is 30.0. The van der Waals surface area contributed by atoms with Gasteiger partial charge in [0.15, 0.2) is 16.3 Å². The van der Waals surface area contributed by atoms with E-state index in [0.717, 1.165) is 29.5 Å². The molecule has 5 aromatic rings. The quantitative estimate of drug-likeness (QED) is 0.0837. The van der Waals surface area contributed by atoms with Crippen molar-refractivity contribution in [3.63, 3.8) is 0 Å². The molecular weight excluding hydrogens is 760 g/mol. The normalized spacial score (nSPS) is 13.9. The highest BCUT2D eigenvalue weighted by molar-refractivity contribution is 9.10. The van der Waals surface area contributed by atoms with Crippen molar-refractivity contribution in [3.05, 3.63) is 152 Å². The van der Waals surface area contributed by atoms with Crippen molar-refractivity contribution < 1.29 is 33.6 Å². The van der Waals surface area contributed by atoms with Crippen LogP contribution in [0.5, 0.6) is 23.0 Å². The predicted molar refractivity (Wildman–Crippen MR) is 195 cm³/mol. The van der Waals surface area contributed by atoms with Crippen molar-refractivity contribution in [2.24, 2.45) is 4.99 Å². The molecule has 2 heterocycles. The minimum absolute atomic E-state index is 0.0594. The first-order valence-corrected chi connectivity index (χ1v) is 17.1. The molecule has 264 valence electrons. The zero-order chi connectivity index (χ0) is 37.1. The first kappa shape index (κ1) is 35.7. The Morgan fingerprint density at radius 1 is 0.962 bits per heavy atom. The molecule has 14 nitrogen and oxygen atoms in total. The molecule has 0 unspecified atom stereocenters. The third-order valence-electron chi connectivity index (χ3n) is 7.92. The number of nitro benzene ring substituents is 2. The van der Waals surface area contributed by atoms with Gasteiger partial charge in [0.2, 0.25) is 5.75 Å². The van der Waals surface area contributed by atoms with E-state index >= 15 is 0 Å². The summed E-state index contributed by atoms with van der Waals surface area (Å²) in [6, 6.07) is 21.5. The lowest BCUT2D eigenvalue weighted by Crippen LogP contribution is -2.40. The number of fused-ring (bicyclic) bond motifs is 1. The molecule has 1 aromatic heterocycles. The van der Waals surface area contributed by atoms with Gasteiger partial charge >= 0.3 is 11.7 Å². The van der Waals surface area contributed by atoms with E-state index < -0.39 is 38.8 Å². The number of non-ortho nitro benzene ring substituents is 1. The van der Waals surface area contributed by atoms with Crippen LogP contribution in [0.15, 0.2) is 105 Å². The smallest absolute Gasteiger partial charge is 0.338 e. The molecule has 0 spiro atoms. The summed E-state index contributed by atoms with van der Waals surface area (Å²) in [5.74, 6) is -0.0629. The molecule has 4 aromatic carbocycles. The van der Waals surface area contributed by atoms with Crippen molar-refractivity contribution in [2.45, 2.75) is 13.0 Å². The van der Waals surface area contributed by atoms with Gasteiger partial charge < -0.3 is 18.9 Å². The second kappa shape index (κ2) is 15.0. The van der Waals surface area contributed by atoms with E-state index in [9.17, 15) is 29.8 Å². The number of benzene rings is 4. The molecule has 0 saturated carbocycles. The molecule has 0 fully saturated rings. The molecule has 0 N–H and O–H groups in total. The van der Waals surface area contributed by atoms with Crippen LogP contribution in [0.4, 0.5) is 11.4 Å². The van der Waals surface area contributed by atoms with Gasteiger partial charge in [-0.15, -0.1) is 0 Å². The second-order valence-electron chi connectivity index (χ2n) is 11.0. The largest absolute Gasteiger partial charge is 0.497 e. The molecule has 1 aliphatic heterocycles. The Hall–Kier alpha value is -6.13. The van der Waals surface area contributed by atoms with Gasteiger partial charge in [0.25, 0.3) is 11.2 Å². The Kier molecular flexibility index (Phi) is 10.3. The predicted octanol–water partition coefficient (Wildman–Crippen LogP) is 6.32. The van der Waals surface area contributed by atoms with Crippen LogP contribution in [-0.4, -0.2) is 41.2 Å². The molecule has 52 heavy (non-hydrogen) atoms. The van der Waals surface area contributed by atoms with Crippen molar-refractivity contribution >= 4 is 56.4 Å². The van der Waals surface area contributed by atoms with Crippen LogP contribution in [0.25, 0.3) is 11.8 Å². The van der Waals surface area contributed by atoms with Crippen LogP contribution < -0.4 is 29.1 Å². The number of rotatable bonds is 11. The molecule has 0 aliphatic carbocycles. The van der Waals surface area contributed by atoms with E-state index in [1.165, 1.54) is 11.7 Å². The van der Waals surface area contributed by atoms with Crippen LogP contribution in [0.1, 0.15) is 29.7 Å². The van der Waals surface area contributed by atoms with E-state index in [-0.39, 0.29) is 34.0 Å². The van der Waals surface area contributed by atoms with Crippen LogP contribution in [0, 0.1) is 20.2 Å². The number of esters is 1. The van der Waals surface area contributed by atoms with Crippen LogP contribution in [-0.2, 0) is 9.53 Å². The van der Waals surface area contributed by atoms with Crippen molar-refractivity contribution in [1.82, 2.24) is 4.57 Å². The molecule has 1 atom stereocenters. The fourth-order valence-electron chi connectivity index (χ4n) is 5.57. The molecule has 0 saturated heterocycles. The Balaban J connectivity index is 1.51. The van der Waals surface area contributed by atoms with Crippen LogP contribution >= 0.6 is 27.3 Å². The number of carbonyl (C=O) groups excluding carboxylic acids is 1. The average molecular weight is 788 g/mol. The summed E-state index contributed by atoms with van der Waals surface area (Å²) >= 11 is 4.56. The molecule has 16 heteroatoms. The molecule has 1 aliphatic rings. The number of methoxy groups -OCH3 is 2. The number of aromatic nitrogens is 1. The van der Waals surface area contributed by atoms with E-state index in [0.29, 0.717) is 37.4 Å². The van der Waals surface area contributed by atoms with Gasteiger partial charge in [-0.1, -0.05) is 53.8 Å². The van der Waals surface area contributed by atoms with Crippen LogP contribution in [0.2, 0.25) is 0 Å². The first-order chi connectivity index (χ1) is 25.0. The minimum atomic E-state index is -0.895. The first-order valence-electron chi connectivity index (χ1n) is 15.4. The number of thiazole rings is 1. The van der Waals surface area contributed by atoms with Gasteiger partial charge in [0.1, 0.15) is 5.75 Å². The Morgan fingerprint density at radius 3 is 2.33 bits per heavy atom.